The summed E-state index contributed by atoms with van der Waals surface area (Å²) in [7, 11) is 0. The van der Waals surface area contributed by atoms with Crippen molar-refractivity contribution in [1.29, 1.82) is 0 Å². The highest BCUT2D eigenvalue weighted by Gasteiger charge is 2.25. The van der Waals surface area contributed by atoms with E-state index in [-0.39, 0.29) is 16.9 Å². The molecule has 1 N–H and O–H groups in total. The SMILES string of the molecule is O=C1C=C(O)c2cccc([O-])c2C1=O. The van der Waals surface area contributed by atoms with E-state index in [0.29, 0.717) is 0 Å². The zero-order valence-corrected chi connectivity index (χ0v) is 6.98. The molecule has 70 valence electrons. The van der Waals surface area contributed by atoms with Crippen LogP contribution < -0.4 is 5.11 Å². The summed E-state index contributed by atoms with van der Waals surface area (Å²) in [5.41, 5.74) is -0.111. The first kappa shape index (κ1) is 8.50. The van der Waals surface area contributed by atoms with Gasteiger partial charge in [-0.3, -0.25) is 9.59 Å². The van der Waals surface area contributed by atoms with Crippen LogP contribution in [0.3, 0.4) is 0 Å². The summed E-state index contributed by atoms with van der Waals surface area (Å²) in [5, 5.41) is 20.6. The molecule has 0 saturated carbocycles. The van der Waals surface area contributed by atoms with E-state index in [9.17, 15) is 19.8 Å². The van der Waals surface area contributed by atoms with Crippen LogP contribution in [-0.2, 0) is 4.79 Å². The molecule has 0 saturated heterocycles. The van der Waals surface area contributed by atoms with Gasteiger partial charge < -0.3 is 10.2 Å². The topological polar surface area (TPSA) is 77.4 Å². The lowest BCUT2D eigenvalue weighted by Crippen LogP contribution is -2.20. The number of ketones is 2. The predicted octanol–water partition coefficient (Wildman–Crippen LogP) is 0.424. The molecule has 1 aliphatic rings. The minimum absolute atomic E-state index is 0.127. The van der Waals surface area contributed by atoms with Crippen molar-refractivity contribution in [1.82, 2.24) is 0 Å². The van der Waals surface area contributed by atoms with Gasteiger partial charge in [-0.2, -0.15) is 0 Å². The molecule has 0 atom stereocenters. The van der Waals surface area contributed by atoms with E-state index in [1.165, 1.54) is 18.2 Å². The third-order valence-corrected chi connectivity index (χ3v) is 2.02. The number of benzene rings is 1. The first-order valence-electron chi connectivity index (χ1n) is 3.91. The van der Waals surface area contributed by atoms with Gasteiger partial charge in [-0.1, -0.05) is 23.9 Å². The molecule has 0 fully saturated rings. The van der Waals surface area contributed by atoms with E-state index in [4.69, 9.17) is 0 Å². The molecule has 0 aliphatic heterocycles. The maximum atomic E-state index is 11.3. The van der Waals surface area contributed by atoms with Crippen molar-refractivity contribution in [2.45, 2.75) is 0 Å². The zero-order valence-electron chi connectivity index (χ0n) is 6.98. The number of carbonyl (C=O) groups is 2. The second-order valence-corrected chi connectivity index (χ2v) is 2.90. The molecule has 14 heavy (non-hydrogen) atoms. The fourth-order valence-corrected chi connectivity index (χ4v) is 1.37. The Hall–Kier alpha value is -2.10. The Kier molecular flexibility index (Phi) is 1.64. The number of carbonyl (C=O) groups excluding carboxylic acids is 2. The summed E-state index contributed by atoms with van der Waals surface area (Å²) in [6, 6.07) is 4.03. The van der Waals surface area contributed by atoms with Crippen molar-refractivity contribution in [3.05, 3.63) is 35.4 Å². The Labute approximate surface area is 79.1 Å². The lowest BCUT2D eigenvalue weighted by molar-refractivity contribution is -0.268. The average molecular weight is 189 g/mol. The maximum Gasteiger partial charge on any atom is 0.233 e. The summed E-state index contributed by atoms with van der Waals surface area (Å²) < 4.78 is 0. The van der Waals surface area contributed by atoms with Gasteiger partial charge in [0.05, 0.1) is 0 Å². The Morgan fingerprint density at radius 3 is 2.64 bits per heavy atom. The molecule has 0 aromatic heterocycles. The van der Waals surface area contributed by atoms with Crippen molar-refractivity contribution in [3.8, 4) is 5.75 Å². The van der Waals surface area contributed by atoms with Crippen LogP contribution >= 0.6 is 0 Å². The quantitative estimate of drug-likeness (QED) is 0.600. The van der Waals surface area contributed by atoms with Gasteiger partial charge >= 0.3 is 0 Å². The highest BCUT2D eigenvalue weighted by molar-refractivity contribution is 6.50. The second-order valence-electron chi connectivity index (χ2n) is 2.90. The minimum Gasteiger partial charge on any atom is -0.872 e. The second kappa shape index (κ2) is 2.70. The summed E-state index contributed by atoms with van der Waals surface area (Å²) in [5.74, 6) is -2.59. The van der Waals surface area contributed by atoms with Crippen LogP contribution in [0.1, 0.15) is 15.9 Å². The predicted molar refractivity (Wildman–Crippen MR) is 45.8 cm³/mol. The van der Waals surface area contributed by atoms with Gasteiger partial charge in [-0.05, 0) is 0 Å². The molecule has 1 aromatic carbocycles. The van der Waals surface area contributed by atoms with Crippen molar-refractivity contribution in [2.75, 3.05) is 0 Å². The molecular formula is C10H5O4-. The molecule has 0 heterocycles. The van der Waals surface area contributed by atoms with Crippen molar-refractivity contribution >= 4 is 17.3 Å². The van der Waals surface area contributed by atoms with Crippen molar-refractivity contribution < 1.29 is 19.8 Å². The van der Waals surface area contributed by atoms with Crippen LogP contribution in [0.25, 0.3) is 5.76 Å². The van der Waals surface area contributed by atoms with Crippen molar-refractivity contribution in [3.63, 3.8) is 0 Å². The Bertz CT molecular complexity index is 471. The van der Waals surface area contributed by atoms with E-state index in [1.807, 2.05) is 0 Å². The van der Waals surface area contributed by atoms with Crippen LogP contribution in [0.2, 0.25) is 0 Å². The van der Waals surface area contributed by atoms with E-state index in [1.54, 1.807) is 0 Å². The van der Waals surface area contributed by atoms with Gasteiger partial charge in [0.25, 0.3) is 0 Å². The van der Waals surface area contributed by atoms with E-state index >= 15 is 0 Å². The summed E-state index contributed by atoms with van der Waals surface area (Å²) in [6.45, 7) is 0. The molecule has 2 rings (SSSR count). The molecule has 0 spiro atoms. The van der Waals surface area contributed by atoms with Crippen LogP contribution in [0.5, 0.6) is 5.75 Å². The molecular weight excluding hydrogens is 184 g/mol. The van der Waals surface area contributed by atoms with Crippen molar-refractivity contribution in [2.24, 2.45) is 0 Å². The lowest BCUT2D eigenvalue weighted by Gasteiger charge is -2.18. The van der Waals surface area contributed by atoms with Crippen LogP contribution in [-0.4, -0.2) is 16.7 Å². The van der Waals surface area contributed by atoms with Gasteiger partial charge in [0.2, 0.25) is 11.6 Å². The monoisotopic (exact) mass is 189 g/mol. The molecule has 0 amide bonds. The van der Waals surface area contributed by atoms with Gasteiger partial charge in [0.15, 0.2) is 0 Å². The van der Waals surface area contributed by atoms with Gasteiger partial charge in [-0.15, -0.1) is 0 Å². The standard InChI is InChI=1S/C10H6O4/c11-6-3-1-2-5-7(12)4-8(13)10(14)9(5)6/h1-4,11-12H/p-1. The normalized spacial score (nSPS) is 15.0. The fourth-order valence-electron chi connectivity index (χ4n) is 1.37. The van der Waals surface area contributed by atoms with Crippen LogP contribution in [0.4, 0.5) is 0 Å². The van der Waals surface area contributed by atoms with E-state index in [2.05, 4.69) is 0 Å². The Morgan fingerprint density at radius 2 is 1.93 bits per heavy atom. The molecule has 1 aliphatic carbocycles. The number of hydrogen-bond donors (Lipinski definition) is 1. The third-order valence-electron chi connectivity index (χ3n) is 2.02. The van der Waals surface area contributed by atoms with Crippen LogP contribution in [0.15, 0.2) is 24.3 Å². The number of hydrogen-bond acceptors (Lipinski definition) is 4. The van der Waals surface area contributed by atoms with E-state index in [0.717, 1.165) is 6.08 Å². The first-order valence-corrected chi connectivity index (χ1v) is 3.91. The van der Waals surface area contributed by atoms with Gasteiger partial charge in [0, 0.05) is 17.2 Å². The average Bonchev–Trinajstić information content (AvgIpc) is 2.14. The molecule has 4 heteroatoms. The molecule has 0 bridgehead atoms. The third kappa shape index (κ3) is 1.01. The zero-order chi connectivity index (χ0) is 10.3. The molecule has 0 unspecified atom stereocenters. The lowest BCUT2D eigenvalue weighted by atomic mass is 9.93. The minimum atomic E-state index is -0.863. The highest BCUT2D eigenvalue weighted by Crippen LogP contribution is 2.27. The smallest absolute Gasteiger partial charge is 0.233 e. The highest BCUT2D eigenvalue weighted by atomic mass is 16.3. The number of aliphatic hydroxyl groups excluding tert-OH is 1. The largest absolute Gasteiger partial charge is 0.872 e. The molecule has 1 aromatic rings. The summed E-state index contributed by atoms with van der Waals surface area (Å²) in [4.78, 5) is 22.3. The van der Waals surface area contributed by atoms with Gasteiger partial charge in [-0.25, -0.2) is 0 Å². The molecule has 4 nitrogen and oxygen atoms in total. The fraction of sp³-hybridized carbons (Fsp3) is 0. The first-order chi connectivity index (χ1) is 6.61. The summed E-state index contributed by atoms with van der Waals surface area (Å²) in [6.07, 6.45) is 0.824. The maximum absolute atomic E-state index is 11.3. The van der Waals surface area contributed by atoms with Gasteiger partial charge in [0.1, 0.15) is 5.76 Å². The number of fused-ring (bicyclic) bond motifs is 1. The van der Waals surface area contributed by atoms with E-state index < -0.39 is 17.3 Å². The number of aliphatic hydroxyl groups is 1. The Balaban J connectivity index is 2.78. The number of Topliss-reactive ketones (excluding diaryl/α,β-unsaturated/α-hetero) is 1. The molecule has 0 radical (unpaired) electrons. The Morgan fingerprint density at radius 1 is 1.21 bits per heavy atom. The summed E-state index contributed by atoms with van der Waals surface area (Å²) >= 11 is 0. The number of allylic oxidation sites excluding steroid dienone is 1. The van der Waals surface area contributed by atoms with Crippen LogP contribution in [0, 0.1) is 0 Å². The number of rotatable bonds is 0.